The molecule has 2 bridgehead atoms. The lowest BCUT2D eigenvalue weighted by atomic mass is 10.0. The van der Waals surface area contributed by atoms with Gasteiger partial charge in [-0.15, -0.1) is 11.8 Å². The van der Waals surface area contributed by atoms with E-state index in [2.05, 4.69) is 18.0 Å². The number of nitrogens with zero attached hydrogens (tertiary/aromatic N) is 1. The van der Waals surface area contributed by atoms with Gasteiger partial charge in [0.2, 0.25) is 0 Å². The number of benzene rings is 1. The third-order valence-electron chi connectivity index (χ3n) is 4.53. The molecule has 1 N–H and O–H groups in total. The Kier molecular flexibility index (Phi) is 3.29. The van der Waals surface area contributed by atoms with Crippen LogP contribution in [0.15, 0.2) is 23.1 Å². The largest absolute Gasteiger partial charge is 0.508 e. The summed E-state index contributed by atoms with van der Waals surface area (Å²) >= 11 is 2.00. The molecule has 0 amide bonds. The number of hydrogen-bond acceptors (Lipinski definition) is 3. The second-order valence-electron chi connectivity index (χ2n) is 5.71. The predicted octanol–water partition coefficient (Wildman–Crippen LogP) is 3.42. The summed E-state index contributed by atoms with van der Waals surface area (Å²) in [6.07, 6.45) is 5.40. The van der Waals surface area contributed by atoms with Gasteiger partial charge in [-0.1, -0.05) is 0 Å². The molecule has 1 aromatic carbocycles. The zero-order valence-electron chi connectivity index (χ0n) is 11.1. The van der Waals surface area contributed by atoms with E-state index in [4.69, 9.17) is 0 Å². The van der Waals surface area contributed by atoms with E-state index in [1.165, 1.54) is 30.6 Å². The Balaban J connectivity index is 1.68. The van der Waals surface area contributed by atoms with Crippen LogP contribution in [0.1, 0.15) is 31.2 Å². The lowest BCUT2D eigenvalue weighted by molar-refractivity contribution is 0.183. The molecule has 1 aromatic rings. The van der Waals surface area contributed by atoms with Crippen LogP contribution in [0.3, 0.4) is 0 Å². The zero-order chi connectivity index (χ0) is 12.7. The van der Waals surface area contributed by atoms with Crippen LogP contribution in [0.2, 0.25) is 0 Å². The van der Waals surface area contributed by atoms with Crippen molar-refractivity contribution in [1.82, 2.24) is 4.90 Å². The van der Waals surface area contributed by atoms with Crippen molar-refractivity contribution >= 4 is 11.8 Å². The quantitative estimate of drug-likeness (QED) is 0.884. The molecule has 0 radical (unpaired) electrons. The van der Waals surface area contributed by atoms with E-state index in [0.717, 1.165) is 22.9 Å². The maximum Gasteiger partial charge on any atom is 0.118 e. The molecule has 0 aliphatic carbocycles. The van der Waals surface area contributed by atoms with Gasteiger partial charge in [-0.25, -0.2) is 0 Å². The summed E-state index contributed by atoms with van der Waals surface area (Å²) in [7, 11) is 2.29. The van der Waals surface area contributed by atoms with E-state index in [-0.39, 0.29) is 0 Å². The van der Waals surface area contributed by atoms with Gasteiger partial charge in [0, 0.05) is 22.2 Å². The van der Waals surface area contributed by atoms with E-state index >= 15 is 0 Å². The Labute approximate surface area is 113 Å². The average molecular weight is 263 g/mol. The van der Waals surface area contributed by atoms with Crippen LogP contribution >= 0.6 is 11.8 Å². The smallest absolute Gasteiger partial charge is 0.118 e. The van der Waals surface area contributed by atoms with E-state index in [9.17, 15) is 5.11 Å². The molecular formula is C15H21NOS. The highest BCUT2D eigenvalue weighted by atomic mass is 32.2. The number of phenolic OH excluding ortho intramolecular Hbond substituents is 1. The molecule has 2 nitrogen and oxygen atoms in total. The van der Waals surface area contributed by atoms with Gasteiger partial charge in [-0.3, -0.25) is 0 Å². The number of fused-ring (bicyclic) bond motifs is 2. The summed E-state index contributed by atoms with van der Waals surface area (Å²) in [5, 5.41) is 10.3. The third kappa shape index (κ3) is 2.26. The molecule has 0 aromatic heterocycles. The van der Waals surface area contributed by atoms with E-state index in [0.29, 0.717) is 5.75 Å². The normalized spacial score (nSPS) is 31.8. The first-order valence-electron chi connectivity index (χ1n) is 6.81. The van der Waals surface area contributed by atoms with Crippen LogP contribution in [0.25, 0.3) is 0 Å². The van der Waals surface area contributed by atoms with Crippen molar-refractivity contribution in [2.24, 2.45) is 0 Å². The Morgan fingerprint density at radius 1 is 1.22 bits per heavy atom. The van der Waals surface area contributed by atoms with Crippen molar-refractivity contribution in [3.05, 3.63) is 23.8 Å². The number of aryl methyl sites for hydroxylation is 1. The minimum atomic E-state index is 0.405. The second-order valence-corrected chi connectivity index (χ2v) is 7.08. The van der Waals surface area contributed by atoms with Gasteiger partial charge in [0.25, 0.3) is 0 Å². The molecule has 0 spiro atoms. The molecule has 3 atom stereocenters. The van der Waals surface area contributed by atoms with Crippen molar-refractivity contribution in [3.63, 3.8) is 0 Å². The minimum Gasteiger partial charge on any atom is -0.508 e. The Morgan fingerprint density at radius 2 is 1.89 bits per heavy atom. The highest BCUT2D eigenvalue weighted by Crippen LogP contribution is 2.41. The molecule has 3 rings (SSSR count). The number of thioether (sulfide) groups is 1. The van der Waals surface area contributed by atoms with Crippen molar-refractivity contribution in [2.45, 2.75) is 54.8 Å². The van der Waals surface area contributed by atoms with Crippen molar-refractivity contribution in [3.8, 4) is 5.75 Å². The van der Waals surface area contributed by atoms with Gasteiger partial charge in [0.05, 0.1) is 0 Å². The monoisotopic (exact) mass is 263 g/mol. The van der Waals surface area contributed by atoms with Gasteiger partial charge >= 0.3 is 0 Å². The lowest BCUT2D eigenvalue weighted by Gasteiger charge is -2.36. The number of hydrogen-bond donors (Lipinski definition) is 1. The fourth-order valence-electron chi connectivity index (χ4n) is 3.35. The molecule has 1 unspecified atom stereocenters. The molecular weight excluding hydrogens is 242 g/mol. The summed E-state index contributed by atoms with van der Waals surface area (Å²) in [6.45, 7) is 1.97. The predicted molar refractivity (Wildman–Crippen MR) is 76.3 cm³/mol. The van der Waals surface area contributed by atoms with E-state index < -0.39 is 0 Å². The summed E-state index contributed by atoms with van der Waals surface area (Å²) in [5.41, 5.74) is 0.982. The Hall–Kier alpha value is -0.670. The SMILES string of the molecule is Cc1cc(SC2C[C@H]3CC[C@@H](C2)N3C)ccc1O. The summed E-state index contributed by atoms with van der Waals surface area (Å²) in [6, 6.07) is 7.59. The van der Waals surface area contributed by atoms with Gasteiger partial charge in [-0.2, -0.15) is 0 Å². The summed E-state index contributed by atoms with van der Waals surface area (Å²) < 4.78 is 0. The fraction of sp³-hybridized carbons (Fsp3) is 0.600. The third-order valence-corrected chi connectivity index (χ3v) is 5.77. The van der Waals surface area contributed by atoms with Crippen LogP contribution in [-0.2, 0) is 0 Å². The number of aromatic hydroxyl groups is 1. The molecule has 2 saturated heterocycles. The molecule has 98 valence electrons. The first kappa shape index (κ1) is 12.4. The Morgan fingerprint density at radius 3 is 2.50 bits per heavy atom. The fourth-order valence-corrected chi connectivity index (χ4v) is 4.76. The zero-order valence-corrected chi connectivity index (χ0v) is 11.9. The van der Waals surface area contributed by atoms with Gasteiger partial charge in [0.15, 0.2) is 0 Å². The topological polar surface area (TPSA) is 23.5 Å². The van der Waals surface area contributed by atoms with E-state index in [1.807, 2.05) is 30.8 Å². The molecule has 0 saturated carbocycles. The Bertz CT molecular complexity index is 434. The highest BCUT2D eigenvalue weighted by molar-refractivity contribution is 8.00. The number of piperidine rings is 1. The molecule has 2 fully saturated rings. The van der Waals surface area contributed by atoms with Crippen LogP contribution in [0, 0.1) is 6.92 Å². The van der Waals surface area contributed by atoms with Crippen molar-refractivity contribution < 1.29 is 5.11 Å². The number of rotatable bonds is 2. The molecule has 2 heterocycles. The van der Waals surface area contributed by atoms with Gasteiger partial charge < -0.3 is 10.0 Å². The standard InChI is InChI=1S/C15H21NOS/c1-10-7-13(5-6-15(10)17)18-14-8-11-3-4-12(9-14)16(11)2/h5-7,11-12,14,17H,3-4,8-9H2,1-2H3/t11-,12+,14?. The molecule has 2 aliphatic heterocycles. The molecule has 3 heteroatoms. The first-order valence-corrected chi connectivity index (χ1v) is 7.69. The van der Waals surface area contributed by atoms with Gasteiger partial charge in [0.1, 0.15) is 5.75 Å². The highest BCUT2D eigenvalue weighted by Gasteiger charge is 2.38. The summed E-state index contributed by atoms with van der Waals surface area (Å²) in [5.74, 6) is 0.405. The van der Waals surface area contributed by atoms with Crippen LogP contribution in [0.5, 0.6) is 5.75 Å². The minimum absolute atomic E-state index is 0.405. The number of phenols is 1. The molecule has 2 aliphatic rings. The first-order chi connectivity index (χ1) is 8.63. The van der Waals surface area contributed by atoms with Crippen molar-refractivity contribution in [2.75, 3.05) is 7.05 Å². The average Bonchev–Trinajstić information content (AvgIpc) is 2.58. The maximum atomic E-state index is 9.56. The van der Waals surface area contributed by atoms with E-state index in [1.54, 1.807) is 0 Å². The maximum absolute atomic E-state index is 9.56. The van der Waals surface area contributed by atoms with Crippen LogP contribution < -0.4 is 0 Å². The molecule has 18 heavy (non-hydrogen) atoms. The van der Waals surface area contributed by atoms with Crippen LogP contribution in [0.4, 0.5) is 0 Å². The van der Waals surface area contributed by atoms with Crippen molar-refractivity contribution in [1.29, 1.82) is 0 Å². The lowest BCUT2D eigenvalue weighted by Crippen LogP contribution is -2.40. The van der Waals surface area contributed by atoms with Gasteiger partial charge in [-0.05, 0) is 63.4 Å². The van der Waals surface area contributed by atoms with Crippen LogP contribution in [-0.4, -0.2) is 34.4 Å². The second kappa shape index (κ2) is 4.78. The summed E-state index contributed by atoms with van der Waals surface area (Å²) in [4.78, 5) is 3.89.